The Balaban J connectivity index is 1.81. The van der Waals surface area contributed by atoms with Gasteiger partial charge in [-0.15, -0.1) is 0 Å². The second-order valence-electron chi connectivity index (χ2n) is 6.48. The van der Waals surface area contributed by atoms with Crippen molar-refractivity contribution in [3.8, 4) is 5.75 Å². The lowest BCUT2D eigenvalue weighted by Gasteiger charge is -2.25. The van der Waals surface area contributed by atoms with Crippen molar-refractivity contribution in [3.63, 3.8) is 0 Å². The van der Waals surface area contributed by atoms with Gasteiger partial charge in [0.15, 0.2) is 0 Å². The lowest BCUT2D eigenvalue weighted by Crippen LogP contribution is -2.33. The van der Waals surface area contributed by atoms with Gasteiger partial charge in [-0.3, -0.25) is 0 Å². The molecule has 0 saturated carbocycles. The molecule has 1 unspecified atom stereocenters. The Morgan fingerprint density at radius 2 is 1.46 bits per heavy atom. The standard InChI is InChI=1S/C23H24FNO/c1-17(15-20-16-21(26-2)13-14-22(20)24)25-23(18-9-5-3-6-10-18)19-11-7-4-8-12-19/h3-14,16-17,23,25H,15H2,1-2H3. The van der Waals surface area contributed by atoms with E-state index in [0.717, 1.165) is 0 Å². The van der Waals surface area contributed by atoms with E-state index in [4.69, 9.17) is 4.74 Å². The normalized spacial score (nSPS) is 12.2. The summed E-state index contributed by atoms with van der Waals surface area (Å²) in [6.07, 6.45) is 0.583. The summed E-state index contributed by atoms with van der Waals surface area (Å²) in [6, 6.07) is 25.7. The van der Waals surface area contributed by atoms with Crippen LogP contribution >= 0.6 is 0 Å². The van der Waals surface area contributed by atoms with Gasteiger partial charge < -0.3 is 10.1 Å². The second-order valence-corrected chi connectivity index (χ2v) is 6.48. The van der Waals surface area contributed by atoms with E-state index in [1.165, 1.54) is 17.2 Å². The molecule has 3 aromatic rings. The molecule has 134 valence electrons. The molecule has 0 spiro atoms. The average Bonchev–Trinajstić information content (AvgIpc) is 2.69. The minimum atomic E-state index is -0.199. The summed E-state index contributed by atoms with van der Waals surface area (Å²) >= 11 is 0. The molecule has 0 aliphatic carbocycles. The predicted molar refractivity (Wildman–Crippen MR) is 104 cm³/mol. The first kappa shape index (κ1) is 18.2. The fourth-order valence-corrected chi connectivity index (χ4v) is 3.18. The van der Waals surface area contributed by atoms with Gasteiger partial charge in [-0.05, 0) is 48.2 Å². The SMILES string of the molecule is COc1ccc(F)c(CC(C)NC(c2ccccc2)c2ccccc2)c1. The molecule has 0 saturated heterocycles. The predicted octanol–water partition coefficient (Wildman–Crippen LogP) is 5.14. The zero-order chi connectivity index (χ0) is 18.4. The molecule has 0 aliphatic rings. The van der Waals surface area contributed by atoms with Crippen molar-refractivity contribution in [2.45, 2.75) is 25.4 Å². The first-order chi connectivity index (χ1) is 12.7. The van der Waals surface area contributed by atoms with Crippen molar-refractivity contribution >= 4 is 0 Å². The number of ether oxygens (including phenoxy) is 1. The molecule has 2 nitrogen and oxygen atoms in total. The summed E-state index contributed by atoms with van der Waals surface area (Å²) < 4.78 is 19.4. The van der Waals surface area contributed by atoms with Crippen molar-refractivity contribution in [2.24, 2.45) is 0 Å². The van der Waals surface area contributed by atoms with Gasteiger partial charge in [-0.1, -0.05) is 60.7 Å². The zero-order valence-corrected chi connectivity index (χ0v) is 15.2. The molecular weight excluding hydrogens is 325 g/mol. The number of benzene rings is 3. The smallest absolute Gasteiger partial charge is 0.126 e. The van der Waals surface area contributed by atoms with E-state index >= 15 is 0 Å². The summed E-state index contributed by atoms with van der Waals surface area (Å²) in [7, 11) is 1.60. The Morgan fingerprint density at radius 3 is 2.00 bits per heavy atom. The fourth-order valence-electron chi connectivity index (χ4n) is 3.18. The van der Waals surface area contributed by atoms with E-state index in [0.29, 0.717) is 17.7 Å². The van der Waals surface area contributed by atoms with Crippen LogP contribution in [0.25, 0.3) is 0 Å². The molecule has 0 bridgehead atoms. The molecule has 0 radical (unpaired) electrons. The highest BCUT2D eigenvalue weighted by molar-refractivity contribution is 5.33. The highest BCUT2D eigenvalue weighted by Crippen LogP contribution is 2.24. The lowest BCUT2D eigenvalue weighted by molar-refractivity contribution is 0.411. The van der Waals surface area contributed by atoms with Crippen LogP contribution in [0, 0.1) is 5.82 Å². The Bertz CT molecular complexity index is 781. The minimum Gasteiger partial charge on any atom is -0.497 e. The van der Waals surface area contributed by atoms with Crippen LogP contribution in [0.2, 0.25) is 0 Å². The summed E-state index contributed by atoms with van der Waals surface area (Å²) in [5, 5.41) is 3.66. The van der Waals surface area contributed by atoms with Gasteiger partial charge in [0.25, 0.3) is 0 Å². The lowest BCUT2D eigenvalue weighted by atomic mass is 9.96. The Hall–Kier alpha value is -2.65. The van der Waals surface area contributed by atoms with Gasteiger partial charge in [0.05, 0.1) is 13.2 Å². The van der Waals surface area contributed by atoms with Crippen LogP contribution in [-0.2, 0) is 6.42 Å². The third-order valence-corrected chi connectivity index (χ3v) is 4.50. The molecule has 1 N–H and O–H groups in total. The van der Waals surface area contributed by atoms with Gasteiger partial charge in [-0.2, -0.15) is 0 Å². The Morgan fingerprint density at radius 1 is 0.885 bits per heavy atom. The van der Waals surface area contributed by atoms with Crippen molar-refractivity contribution < 1.29 is 9.13 Å². The molecule has 1 atom stereocenters. The van der Waals surface area contributed by atoms with Gasteiger partial charge in [0.1, 0.15) is 11.6 Å². The van der Waals surface area contributed by atoms with Gasteiger partial charge in [0, 0.05) is 6.04 Å². The van der Waals surface area contributed by atoms with Crippen molar-refractivity contribution in [1.29, 1.82) is 0 Å². The average molecular weight is 349 g/mol. The van der Waals surface area contributed by atoms with Gasteiger partial charge >= 0.3 is 0 Å². The molecule has 0 fully saturated rings. The molecule has 3 aromatic carbocycles. The summed E-state index contributed by atoms with van der Waals surface area (Å²) in [6.45, 7) is 2.08. The maximum atomic E-state index is 14.2. The molecular formula is C23H24FNO. The van der Waals surface area contributed by atoms with E-state index in [1.807, 2.05) is 36.4 Å². The van der Waals surface area contributed by atoms with Crippen LogP contribution in [0.1, 0.15) is 29.7 Å². The van der Waals surface area contributed by atoms with E-state index in [-0.39, 0.29) is 17.9 Å². The highest BCUT2D eigenvalue weighted by atomic mass is 19.1. The minimum absolute atomic E-state index is 0.0565. The molecule has 3 rings (SSSR count). The number of halogens is 1. The van der Waals surface area contributed by atoms with E-state index < -0.39 is 0 Å². The van der Waals surface area contributed by atoms with Crippen molar-refractivity contribution in [2.75, 3.05) is 7.11 Å². The molecule has 3 heteroatoms. The first-order valence-corrected chi connectivity index (χ1v) is 8.85. The van der Waals surface area contributed by atoms with E-state index in [1.54, 1.807) is 19.2 Å². The third-order valence-electron chi connectivity index (χ3n) is 4.50. The monoisotopic (exact) mass is 349 g/mol. The van der Waals surface area contributed by atoms with Crippen LogP contribution in [0.5, 0.6) is 5.75 Å². The molecule has 26 heavy (non-hydrogen) atoms. The van der Waals surface area contributed by atoms with Crippen LogP contribution in [0.15, 0.2) is 78.9 Å². The van der Waals surface area contributed by atoms with Crippen LogP contribution in [-0.4, -0.2) is 13.2 Å². The third kappa shape index (κ3) is 4.50. The quantitative estimate of drug-likeness (QED) is 0.637. The number of methoxy groups -OCH3 is 1. The maximum absolute atomic E-state index is 14.2. The molecule has 0 aromatic heterocycles. The molecule has 0 amide bonds. The Labute approximate surface area is 154 Å². The van der Waals surface area contributed by atoms with Crippen molar-refractivity contribution in [3.05, 3.63) is 101 Å². The van der Waals surface area contributed by atoms with Gasteiger partial charge in [0.2, 0.25) is 0 Å². The highest BCUT2D eigenvalue weighted by Gasteiger charge is 2.17. The fraction of sp³-hybridized carbons (Fsp3) is 0.217. The number of hydrogen-bond acceptors (Lipinski definition) is 2. The topological polar surface area (TPSA) is 21.3 Å². The molecule has 0 aliphatic heterocycles. The largest absolute Gasteiger partial charge is 0.497 e. The number of hydrogen-bond donors (Lipinski definition) is 1. The van der Waals surface area contributed by atoms with E-state index in [2.05, 4.69) is 36.5 Å². The molecule has 0 heterocycles. The van der Waals surface area contributed by atoms with Gasteiger partial charge in [-0.25, -0.2) is 4.39 Å². The second kappa shape index (κ2) is 8.63. The number of nitrogens with one attached hydrogen (secondary N) is 1. The Kier molecular flexibility index (Phi) is 6.03. The van der Waals surface area contributed by atoms with E-state index in [9.17, 15) is 4.39 Å². The zero-order valence-electron chi connectivity index (χ0n) is 15.2. The first-order valence-electron chi connectivity index (χ1n) is 8.85. The summed E-state index contributed by atoms with van der Waals surface area (Å²) in [5.74, 6) is 0.478. The maximum Gasteiger partial charge on any atom is 0.126 e. The van der Waals surface area contributed by atoms with Crippen LogP contribution in [0.3, 0.4) is 0 Å². The van der Waals surface area contributed by atoms with Crippen LogP contribution < -0.4 is 10.1 Å². The number of rotatable bonds is 7. The summed E-state index contributed by atoms with van der Waals surface area (Å²) in [4.78, 5) is 0. The summed E-state index contributed by atoms with van der Waals surface area (Å²) in [5.41, 5.74) is 3.04. The van der Waals surface area contributed by atoms with Crippen molar-refractivity contribution in [1.82, 2.24) is 5.32 Å². The van der Waals surface area contributed by atoms with Crippen LogP contribution in [0.4, 0.5) is 4.39 Å².